The molecule has 2 amide bonds. The van der Waals surface area contributed by atoms with Gasteiger partial charge in [-0.15, -0.1) is 0 Å². The van der Waals surface area contributed by atoms with Crippen LogP contribution < -0.4 is 5.32 Å². The quantitative estimate of drug-likeness (QED) is 0.741. The largest absolute Gasteiger partial charge is 0.378 e. The van der Waals surface area contributed by atoms with Gasteiger partial charge in [0.1, 0.15) is 6.33 Å². The lowest BCUT2D eigenvalue weighted by atomic mass is 10.1. The third-order valence-corrected chi connectivity index (χ3v) is 6.03. The topological polar surface area (TPSA) is 87.7 Å². The van der Waals surface area contributed by atoms with Crippen molar-refractivity contribution >= 4 is 11.8 Å². The molecule has 2 atom stereocenters. The van der Waals surface area contributed by atoms with Crippen molar-refractivity contribution in [2.45, 2.75) is 44.2 Å². The number of aromatic nitrogens is 2. The SMILES string of the molecule is O=C(NC[C@@H]1CC[C@H](CC(=O)N2CCOCC2)N1CC1CC1)c1cncnc1. The zero-order chi connectivity index (χ0) is 19.3. The van der Waals surface area contributed by atoms with Gasteiger partial charge < -0.3 is 15.0 Å². The summed E-state index contributed by atoms with van der Waals surface area (Å²) in [6, 6.07) is 0.564. The summed E-state index contributed by atoms with van der Waals surface area (Å²) in [5, 5.41) is 3.03. The molecule has 0 aromatic carbocycles. The van der Waals surface area contributed by atoms with E-state index in [1.54, 1.807) is 0 Å². The molecule has 2 aliphatic heterocycles. The van der Waals surface area contributed by atoms with Gasteiger partial charge in [-0.25, -0.2) is 9.97 Å². The number of carbonyl (C=O) groups excluding carboxylic acids is 2. The summed E-state index contributed by atoms with van der Waals surface area (Å²) in [5.41, 5.74) is 0.480. The molecule has 152 valence electrons. The van der Waals surface area contributed by atoms with Crippen LogP contribution in [0, 0.1) is 5.92 Å². The summed E-state index contributed by atoms with van der Waals surface area (Å²) < 4.78 is 5.36. The van der Waals surface area contributed by atoms with Gasteiger partial charge in [-0.1, -0.05) is 0 Å². The fraction of sp³-hybridized carbons (Fsp3) is 0.700. The van der Waals surface area contributed by atoms with Gasteiger partial charge in [0.25, 0.3) is 5.91 Å². The molecule has 0 bridgehead atoms. The van der Waals surface area contributed by atoms with Crippen LogP contribution in [0.15, 0.2) is 18.7 Å². The van der Waals surface area contributed by atoms with E-state index in [-0.39, 0.29) is 23.9 Å². The fourth-order valence-corrected chi connectivity index (χ4v) is 4.22. The van der Waals surface area contributed by atoms with Crippen molar-refractivity contribution in [3.05, 3.63) is 24.3 Å². The minimum atomic E-state index is -0.139. The molecule has 3 heterocycles. The van der Waals surface area contributed by atoms with E-state index in [0.29, 0.717) is 44.8 Å². The second-order valence-corrected chi connectivity index (χ2v) is 8.06. The number of morpholine rings is 1. The van der Waals surface area contributed by atoms with Gasteiger partial charge in [0.15, 0.2) is 0 Å². The maximum atomic E-state index is 12.7. The number of nitrogens with one attached hydrogen (secondary N) is 1. The summed E-state index contributed by atoms with van der Waals surface area (Å²) >= 11 is 0. The molecule has 3 aliphatic rings. The third kappa shape index (κ3) is 4.86. The summed E-state index contributed by atoms with van der Waals surface area (Å²) in [7, 11) is 0. The number of hydrogen-bond donors (Lipinski definition) is 1. The Kier molecular flexibility index (Phi) is 6.17. The van der Waals surface area contributed by atoms with Crippen LogP contribution in [-0.2, 0) is 9.53 Å². The molecule has 28 heavy (non-hydrogen) atoms. The van der Waals surface area contributed by atoms with Crippen LogP contribution in [-0.4, -0.2) is 83.1 Å². The van der Waals surface area contributed by atoms with Gasteiger partial charge in [-0.3, -0.25) is 14.5 Å². The highest BCUT2D eigenvalue weighted by molar-refractivity contribution is 5.93. The first-order chi connectivity index (χ1) is 13.7. The van der Waals surface area contributed by atoms with Crippen LogP contribution in [0.4, 0.5) is 0 Å². The van der Waals surface area contributed by atoms with Crippen LogP contribution in [0.1, 0.15) is 42.5 Å². The second-order valence-electron chi connectivity index (χ2n) is 8.06. The van der Waals surface area contributed by atoms with Crippen molar-refractivity contribution in [1.82, 2.24) is 25.1 Å². The number of amides is 2. The van der Waals surface area contributed by atoms with E-state index in [2.05, 4.69) is 20.2 Å². The lowest BCUT2D eigenvalue weighted by molar-refractivity contribution is -0.136. The minimum Gasteiger partial charge on any atom is -0.378 e. The minimum absolute atomic E-state index is 0.139. The molecule has 4 rings (SSSR count). The first kappa shape index (κ1) is 19.3. The van der Waals surface area contributed by atoms with E-state index in [9.17, 15) is 9.59 Å². The van der Waals surface area contributed by atoms with Crippen molar-refractivity contribution in [2.24, 2.45) is 5.92 Å². The van der Waals surface area contributed by atoms with Gasteiger partial charge in [0.05, 0.1) is 18.8 Å². The van der Waals surface area contributed by atoms with E-state index in [1.165, 1.54) is 31.6 Å². The molecule has 8 heteroatoms. The van der Waals surface area contributed by atoms with Crippen LogP contribution in [0.2, 0.25) is 0 Å². The number of nitrogens with zero attached hydrogens (tertiary/aromatic N) is 4. The van der Waals surface area contributed by atoms with Gasteiger partial charge in [-0.2, -0.15) is 0 Å². The molecule has 1 N–H and O–H groups in total. The predicted octanol–water partition coefficient (Wildman–Crippen LogP) is 0.698. The van der Waals surface area contributed by atoms with Gasteiger partial charge in [0.2, 0.25) is 5.91 Å². The molecule has 1 aromatic rings. The molecule has 2 saturated heterocycles. The molecule has 3 fully saturated rings. The molecular formula is C20H29N5O3. The average Bonchev–Trinajstić information content (AvgIpc) is 3.49. The summed E-state index contributed by atoms with van der Waals surface area (Å²) in [4.78, 5) is 37.3. The highest BCUT2D eigenvalue weighted by Crippen LogP contribution is 2.35. The Morgan fingerprint density at radius 2 is 1.79 bits per heavy atom. The number of carbonyl (C=O) groups is 2. The molecule has 0 spiro atoms. The average molecular weight is 387 g/mol. The Balaban J connectivity index is 1.33. The number of hydrogen-bond acceptors (Lipinski definition) is 6. The molecule has 1 aromatic heterocycles. The monoisotopic (exact) mass is 387 g/mol. The van der Waals surface area contributed by atoms with E-state index >= 15 is 0 Å². The zero-order valence-electron chi connectivity index (χ0n) is 16.3. The Bertz CT molecular complexity index is 676. The maximum absolute atomic E-state index is 12.7. The van der Waals surface area contributed by atoms with Crippen molar-refractivity contribution in [3.8, 4) is 0 Å². The fourth-order valence-electron chi connectivity index (χ4n) is 4.22. The first-order valence-electron chi connectivity index (χ1n) is 10.3. The Hall–Kier alpha value is -2.06. The summed E-state index contributed by atoms with van der Waals surface area (Å²) in [6.07, 6.45) is 9.63. The van der Waals surface area contributed by atoms with Gasteiger partial charge >= 0.3 is 0 Å². The van der Waals surface area contributed by atoms with E-state index in [4.69, 9.17) is 4.74 Å². The highest BCUT2D eigenvalue weighted by atomic mass is 16.5. The molecule has 0 unspecified atom stereocenters. The van der Waals surface area contributed by atoms with Crippen molar-refractivity contribution < 1.29 is 14.3 Å². The van der Waals surface area contributed by atoms with E-state index < -0.39 is 0 Å². The molecule has 0 radical (unpaired) electrons. The van der Waals surface area contributed by atoms with Crippen LogP contribution in [0.3, 0.4) is 0 Å². The van der Waals surface area contributed by atoms with Crippen LogP contribution in [0.25, 0.3) is 0 Å². The van der Waals surface area contributed by atoms with Crippen molar-refractivity contribution in [1.29, 1.82) is 0 Å². The highest BCUT2D eigenvalue weighted by Gasteiger charge is 2.38. The number of rotatable bonds is 7. The Morgan fingerprint density at radius 1 is 1.07 bits per heavy atom. The molecular weight excluding hydrogens is 358 g/mol. The predicted molar refractivity (Wildman–Crippen MR) is 103 cm³/mol. The lowest BCUT2D eigenvalue weighted by Crippen LogP contribution is -2.47. The first-order valence-corrected chi connectivity index (χ1v) is 10.3. The maximum Gasteiger partial charge on any atom is 0.254 e. The van der Waals surface area contributed by atoms with Crippen LogP contribution >= 0.6 is 0 Å². The zero-order valence-corrected chi connectivity index (χ0v) is 16.3. The van der Waals surface area contributed by atoms with Gasteiger partial charge in [-0.05, 0) is 31.6 Å². The molecule has 1 saturated carbocycles. The standard InChI is InChI=1S/C20H29N5O3/c26-19(24-5-7-28-8-6-24)9-17-3-4-18(25(17)13-15-1-2-15)12-23-20(27)16-10-21-14-22-11-16/h10-11,14-15,17-18H,1-9,12-13H2,(H,23,27)/t17-,18+/m1/s1. The van der Waals surface area contributed by atoms with Gasteiger partial charge in [0, 0.05) is 57.1 Å². The third-order valence-electron chi connectivity index (χ3n) is 6.03. The lowest BCUT2D eigenvalue weighted by Gasteiger charge is -2.33. The van der Waals surface area contributed by atoms with Crippen molar-refractivity contribution in [3.63, 3.8) is 0 Å². The normalized spacial score (nSPS) is 25.6. The second kappa shape index (κ2) is 8.96. The number of likely N-dealkylation sites (tertiary alicyclic amines) is 1. The summed E-state index contributed by atoms with van der Waals surface area (Å²) in [6.45, 7) is 4.32. The Labute approximate surface area is 165 Å². The van der Waals surface area contributed by atoms with E-state index in [0.717, 1.165) is 25.3 Å². The van der Waals surface area contributed by atoms with Crippen molar-refractivity contribution in [2.75, 3.05) is 39.4 Å². The molecule has 8 nitrogen and oxygen atoms in total. The summed E-state index contributed by atoms with van der Waals surface area (Å²) in [5.74, 6) is 0.847. The number of ether oxygens (including phenoxy) is 1. The van der Waals surface area contributed by atoms with Crippen LogP contribution in [0.5, 0.6) is 0 Å². The van der Waals surface area contributed by atoms with E-state index in [1.807, 2.05) is 4.90 Å². The molecule has 1 aliphatic carbocycles. The smallest absolute Gasteiger partial charge is 0.254 e. The Morgan fingerprint density at radius 3 is 2.50 bits per heavy atom.